The number of aromatic nitrogens is 3. The molecule has 0 aliphatic carbocycles. The molecule has 0 atom stereocenters. The standard InChI is InChI=1S/C11H20ClN5/c1-4-5-6-7-8-17(3)11-15-9(12)14-10(13-2)16-11/h4-8H2,1-3H3,(H,13,14,15,16). The Bertz CT molecular complexity index is 345. The fraction of sp³-hybridized carbons (Fsp3) is 0.727. The molecule has 0 spiro atoms. The van der Waals surface area contributed by atoms with Crippen molar-refractivity contribution >= 4 is 23.5 Å². The largest absolute Gasteiger partial charge is 0.357 e. The molecule has 1 heterocycles. The van der Waals surface area contributed by atoms with E-state index in [1.165, 1.54) is 19.3 Å². The highest BCUT2D eigenvalue weighted by molar-refractivity contribution is 6.28. The van der Waals surface area contributed by atoms with E-state index >= 15 is 0 Å². The van der Waals surface area contributed by atoms with Gasteiger partial charge < -0.3 is 10.2 Å². The molecule has 0 aromatic carbocycles. The summed E-state index contributed by atoms with van der Waals surface area (Å²) in [5.41, 5.74) is 0. The van der Waals surface area contributed by atoms with Crippen molar-refractivity contribution < 1.29 is 0 Å². The second-order valence-corrected chi connectivity index (χ2v) is 4.30. The first kappa shape index (κ1) is 14.0. The molecule has 6 heteroatoms. The highest BCUT2D eigenvalue weighted by atomic mass is 35.5. The van der Waals surface area contributed by atoms with E-state index in [1.54, 1.807) is 7.05 Å². The van der Waals surface area contributed by atoms with Crippen molar-refractivity contribution in [2.75, 3.05) is 30.9 Å². The van der Waals surface area contributed by atoms with Gasteiger partial charge in [-0.15, -0.1) is 0 Å². The van der Waals surface area contributed by atoms with Gasteiger partial charge in [-0.3, -0.25) is 0 Å². The zero-order valence-electron chi connectivity index (χ0n) is 10.7. The average molecular weight is 258 g/mol. The van der Waals surface area contributed by atoms with E-state index in [1.807, 2.05) is 11.9 Å². The molecule has 1 aromatic heterocycles. The fourth-order valence-electron chi connectivity index (χ4n) is 1.50. The fourth-order valence-corrected chi connectivity index (χ4v) is 1.65. The van der Waals surface area contributed by atoms with Crippen molar-refractivity contribution in [2.24, 2.45) is 0 Å². The van der Waals surface area contributed by atoms with E-state index in [4.69, 9.17) is 11.6 Å². The quantitative estimate of drug-likeness (QED) is 0.761. The highest BCUT2D eigenvalue weighted by Gasteiger charge is 2.08. The van der Waals surface area contributed by atoms with Crippen LogP contribution in [0.2, 0.25) is 5.28 Å². The van der Waals surface area contributed by atoms with E-state index in [9.17, 15) is 0 Å². The molecule has 0 amide bonds. The Morgan fingerprint density at radius 2 is 1.94 bits per heavy atom. The third-order valence-electron chi connectivity index (χ3n) is 2.51. The molecule has 1 N–H and O–H groups in total. The lowest BCUT2D eigenvalue weighted by Gasteiger charge is -2.17. The van der Waals surface area contributed by atoms with Gasteiger partial charge in [-0.2, -0.15) is 15.0 Å². The van der Waals surface area contributed by atoms with Crippen LogP contribution in [0.4, 0.5) is 11.9 Å². The number of nitrogens with one attached hydrogen (secondary N) is 1. The number of rotatable bonds is 7. The van der Waals surface area contributed by atoms with Gasteiger partial charge in [0.05, 0.1) is 0 Å². The van der Waals surface area contributed by atoms with Gasteiger partial charge in [-0.05, 0) is 18.0 Å². The summed E-state index contributed by atoms with van der Waals surface area (Å²) in [6.07, 6.45) is 4.89. The predicted octanol–water partition coefficient (Wildman–Crippen LogP) is 2.58. The second-order valence-electron chi connectivity index (χ2n) is 3.96. The van der Waals surface area contributed by atoms with Crippen LogP contribution in [0, 0.1) is 0 Å². The van der Waals surface area contributed by atoms with Gasteiger partial charge in [0.2, 0.25) is 17.2 Å². The van der Waals surface area contributed by atoms with Crippen LogP contribution in [0.5, 0.6) is 0 Å². The van der Waals surface area contributed by atoms with Gasteiger partial charge in [0.15, 0.2) is 0 Å². The van der Waals surface area contributed by atoms with Crippen molar-refractivity contribution in [2.45, 2.75) is 32.6 Å². The van der Waals surface area contributed by atoms with Crippen molar-refractivity contribution in [3.05, 3.63) is 5.28 Å². The predicted molar refractivity (Wildman–Crippen MR) is 71.8 cm³/mol. The summed E-state index contributed by atoms with van der Waals surface area (Å²) in [4.78, 5) is 14.3. The van der Waals surface area contributed by atoms with Crippen molar-refractivity contribution in [1.82, 2.24) is 15.0 Å². The van der Waals surface area contributed by atoms with Crippen molar-refractivity contribution in [3.8, 4) is 0 Å². The Kier molecular flexibility index (Phi) is 5.97. The first-order chi connectivity index (χ1) is 8.17. The van der Waals surface area contributed by atoms with E-state index in [0.717, 1.165) is 13.0 Å². The molecule has 1 aromatic rings. The molecular formula is C11H20ClN5. The molecule has 0 aliphatic heterocycles. The summed E-state index contributed by atoms with van der Waals surface area (Å²) >= 11 is 5.83. The maximum absolute atomic E-state index is 5.83. The Balaban J connectivity index is 2.55. The molecule has 0 saturated heterocycles. The summed E-state index contributed by atoms with van der Waals surface area (Å²) < 4.78 is 0. The molecule has 0 radical (unpaired) electrons. The van der Waals surface area contributed by atoms with Gasteiger partial charge in [0.1, 0.15) is 0 Å². The van der Waals surface area contributed by atoms with E-state index < -0.39 is 0 Å². The molecule has 0 unspecified atom stereocenters. The Labute approximate surface area is 108 Å². The smallest absolute Gasteiger partial charge is 0.231 e. The molecule has 0 bridgehead atoms. The van der Waals surface area contributed by atoms with Crippen LogP contribution in [0.1, 0.15) is 32.6 Å². The van der Waals surface area contributed by atoms with Crippen LogP contribution < -0.4 is 10.2 Å². The summed E-state index contributed by atoms with van der Waals surface area (Å²) in [5.74, 6) is 1.12. The summed E-state index contributed by atoms with van der Waals surface area (Å²) in [7, 11) is 3.73. The van der Waals surface area contributed by atoms with Crippen LogP contribution in [-0.4, -0.2) is 35.6 Å². The van der Waals surface area contributed by atoms with Gasteiger partial charge >= 0.3 is 0 Å². The molecule has 5 nitrogen and oxygen atoms in total. The zero-order valence-corrected chi connectivity index (χ0v) is 11.5. The molecule has 96 valence electrons. The maximum Gasteiger partial charge on any atom is 0.231 e. The van der Waals surface area contributed by atoms with Crippen LogP contribution in [0.15, 0.2) is 0 Å². The number of unbranched alkanes of at least 4 members (excludes halogenated alkanes) is 3. The minimum Gasteiger partial charge on any atom is -0.357 e. The first-order valence-electron chi connectivity index (χ1n) is 5.97. The SMILES string of the molecule is CCCCCCN(C)c1nc(Cl)nc(NC)n1. The number of nitrogens with zero attached hydrogens (tertiary/aromatic N) is 4. The highest BCUT2D eigenvalue weighted by Crippen LogP contribution is 2.13. The van der Waals surface area contributed by atoms with Crippen molar-refractivity contribution in [1.29, 1.82) is 0 Å². The normalized spacial score (nSPS) is 10.4. The van der Waals surface area contributed by atoms with Crippen LogP contribution >= 0.6 is 11.6 Å². The van der Waals surface area contributed by atoms with E-state index in [2.05, 4.69) is 27.2 Å². The topological polar surface area (TPSA) is 53.9 Å². The van der Waals surface area contributed by atoms with E-state index in [-0.39, 0.29) is 5.28 Å². The average Bonchev–Trinajstić information content (AvgIpc) is 2.33. The number of hydrogen-bond donors (Lipinski definition) is 1. The van der Waals surface area contributed by atoms with Gasteiger partial charge in [0, 0.05) is 20.6 Å². The van der Waals surface area contributed by atoms with Crippen LogP contribution in [0.3, 0.4) is 0 Å². The number of halogens is 1. The zero-order chi connectivity index (χ0) is 12.7. The Morgan fingerprint density at radius 1 is 1.18 bits per heavy atom. The molecular weight excluding hydrogens is 238 g/mol. The monoisotopic (exact) mass is 257 g/mol. The maximum atomic E-state index is 5.83. The lowest BCUT2D eigenvalue weighted by Crippen LogP contribution is -2.21. The van der Waals surface area contributed by atoms with Gasteiger partial charge in [0.25, 0.3) is 0 Å². The second kappa shape index (κ2) is 7.27. The number of anilines is 2. The third-order valence-corrected chi connectivity index (χ3v) is 2.68. The van der Waals surface area contributed by atoms with Crippen molar-refractivity contribution in [3.63, 3.8) is 0 Å². The van der Waals surface area contributed by atoms with Gasteiger partial charge in [-0.1, -0.05) is 26.2 Å². The minimum absolute atomic E-state index is 0.222. The molecule has 17 heavy (non-hydrogen) atoms. The van der Waals surface area contributed by atoms with Crippen LogP contribution in [0.25, 0.3) is 0 Å². The first-order valence-corrected chi connectivity index (χ1v) is 6.35. The molecule has 0 aliphatic rings. The Hall–Kier alpha value is -1.10. The van der Waals surface area contributed by atoms with Crippen LogP contribution in [-0.2, 0) is 0 Å². The third kappa shape index (κ3) is 4.73. The summed E-state index contributed by atoms with van der Waals surface area (Å²) in [6.45, 7) is 3.14. The van der Waals surface area contributed by atoms with Gasteiger partial charge in [-0.25, -0.2) is 0 Å². The molecule has 0 fully saturated rings. The number of hydrogen-bond acceptors (Lipinski definition) is 5. The summed E-state index contributed by atoms with van der Waals surface area (Å²) in [5, 5.41) is 3.09. The lowest BCUT2D eigenvalue weighted by molar-refractivity contribution is 0.655. The molecule has 0 saturated carbocycles. The Morgan fingerprint density at radius 3 is 2.59 bits per heavy atom. The van der Waals surface area contributed by atoms with E-state index in [0.29, 0.717) is 11.9 Å². The lowest BCUT2D eigenvalue weighted by atomic mass is 10.2. The molecule has 1 rings (SSSR count). The minimum atomic E-state index is 0.222. The summed E-state index contributed by atoms with van der Waals surface area (Å²) in [6, 6.07) is 0.